The third kappa shape index (κ3) is 2.97. The highest BCUT2D eigenvalue weighted by Gasteiger charge is 2.23. The maximum atomic E-state index is 4.98. The molecule has 1 aromatic heterocycles. The smallest absolute Gasteiger partial charge is 0.106 e. The van der Waals surface area contributed by atoms with Crippen LogP contribution in [0, 0.1) is 5.92 Å². The lowest BCUT2D eigenvalue weighted by molar-refractivity contribution is 0.212. The molecule has 21 heavy (non-hydrogen) atoms. The first-order valence-corrected chi connectivity index (χ1v) is 7.69. The maximum Gasteiger partial charge on any atom is 0.106 e. The van der Waals surface area contributed by atoms with Crippen molar-refractivity contribution in [2.45, 2.75) is 19.8 Å². The van der Waals surface area contributed by atoms with Crippen molar-refractivity contribution in [1.82, 2.24) is 10.2 Å². The molecule has 4 nitrogen and oxygen atoms in total. The third-order valence-corrected chi connectivity index (χ3v) is 4.14. The average molecular weight is 346 g/mol. The zero-order chi connectivity index (χ0) is 14.8. The van der Waals surface area contributed by atoms with Gasteiger partial charge in [-0.1, -0.05) is 40.1 Å². The van der Waals surface area contributed by atoms with Crippen LogP contribution in [0.2, 0.25) is 0 Å². The molecule has 0 N–H and O–H groups in total. The highest BCUT2D eigenvalue weighted by Crippen LogP contribution is 2.27. The van der Waals surface area contributed by atoms with Crippen LogP contribution in [0.15, 0.2) is 40.0 Å². The Morgan fingerprint density at radius 3 is 2.67 bits per heavy atom. The van der Waals surface area contributed by atoms with Crippen molar-refractivity contribution >= 4 is 21.6 Å². The van der Waals surface area contributed by atoms with Gasteiger partial charge >= 0.3 is 0 Å². The Balaban J connectivity index is 2.05. The Kier molecular flexibility index (Phi) is 4.01. The summed E-state index contributed by atoms with van der Waals surface area (Å²) in [6.07, 6.45) is 1.85. The second-order valence-electron chi connectivity index (χ2n) is 5.33. The number of oxime groups is 1. The quantitative estimate of drug-likeness (QED) is 0.777. The van der Waals surface area contributed by atoms with E-state index in [0.29, 0.717) is 5.92 Å². The lowest BCUT2D eigenvalue weighted by atomic mass is 9.86. The molecule has 1 aromatic carbocycles. The van der Waals surface area contributed by atoms with E-state index in [1.54, 1.807) is 7.11 Å². The molecule has 1 heterocycles. The number of halogens is 1. The first-order chi connectivity index (χ1) is 10.2. The molecule has 1 aliphatic rings. The molecular weight excluding hydrogens is 330 g/mol. The van der Waals surface area contributed by atoms with Gasteiger partial charge in [0.25, 0.3) is 0 Å². The summed E-state index contributed by atoms with van der Waals surface area (Å²) < 4.78 is 1.05. The summed E-state index contributed by atoms with van der Waals surface area (Å²) in [7, 11) is 1.58. The SMILES string of the molecule is CO/N=C1\C[C@H](C)Cc2nnc(-c3ccc(Br)cc3)cc21. The van der Waals surface area contributed by atoms with Crippen LogP contribution >= 0.6 is 15.9 Å². The van der Waals surface area contributed by atoms with Gasteiger partial charge in [-0.05, 0) is 37.0 Å². The molecule has 2 aromatic rings. The van der Waals surface area contributed by atoms with Gasteiger partial charge in [0.15, 0.2) is 0 Å². The van der Waals surface area contributed by atoms with E-state index in [0.717, 1.165) is 45.5 Å². The number of fused-ring (bicyclic) bond motifs is 1. The van der Waals surface area contributed by atoms with E-state index in [2.05, 4.69) is 44.3 Å². The minimum absolute atomic E-state index is 0.513. The highest BCUT2D eigenvalue weighted by molar-refractivity contribution is 9.10. The van der Waals surface area contributed by atoms with Gasteiger partial charge in [0.1, 0.15) is 7.11 Å². The number of nitrogens with zero attached hydrogens (tertiary/aromatic N) is 3. The Labute approximate surface area is 132 Å². The highest BCUT2D eigenvalue weighted by atomic mass is 79.9. The zero-order valence-electron chi connectivity index (χ0n) is 12.0. The fourth-order valence-electron chi connectivity index (χ4n) is 2.62. The van der Waals surface area contributed by atoms with E-state index < -0.39 is 0 Å². The summed E-state index contributed by atoms with van der Waals surface area (Å²) in [5.74, 6) is 0.513. The Morgan fingerprint density at radius 2 is 1.95 bits per heavy atom. The molecule has 0 aliphatic heterocycles. The van der Waals surface area contributed by atoms with E-state index in [4.69, 9.17) is 4.84 Å². The predicted molar refractivity (Wildman–Crippen MR) is 86.2 cm³/mol. The summed E-state index contributed by atoms with van der Waals surface area (Å²) in [5.41, 5.74) is 4.93. The van der Waals surface area contributed by atoms with Crippen LogP contribution in [0.1, 0.15) is 24.6 Å². The standard InChI is InChI=1S/C16H16BrN3O/c1-10-7-15-13(16(8-10)20-21-2)9-14(18-19-15)11-3-5-12(17)6-4-11/h3-6,9-10H,7-8H2,1-2H3/b20-16+/t10-/m1/s1. The molecule has 1 atom stereocenters. The molecule has 0 saturated carbocycles. The third-order valence-electron chi connectivity index (χ3n) is 3.61. The summed E-state index contributed by atoms with van der Waals surface area (Å²) in [5, 5.41) is 12.9. The predicted octanol–water partition coefficient (Wildman–Crippen LogP) is 3.84. The Hall–Kier alpha value is -1.75. The van der Waals surface area contributed by atoms with Crippen LogP contribution < -0.4 is 0 Å². The molecular formula is C16H16BrN3O. The zero-order valence-corrected chi connectivity index (χ0v) is 13.6. The Morgan fingerprint density at radius 1 is 1.19 bits per heavy atom. The largest absolute Gasteiger partial charge is 0.399 e. The first kappa shape index (κ1) is 14.2. The van der Waals surface area contributed by atoms with Gasteiger partial charge in [-0.3, -0.25) is 0 Å². The van der Waals surface area contributed by atoms with Gasteiger partial charge in [0.05, 0.1) is 17.1 Å². The van der Waals surface area contributed by atoms with Gasteiger partial charge in [0.2, 0.25) is 0 Å². The number of aromatic nitrogens is 2. The minimum atomic E-state index is 0.513. The Bertz CT molecular complexity index is 682. The molecule has 0 unspecified atom stereocenters. The van der Waals surface area contributed by atoms with Crippen LogP contribution in [0.4, 0.5) is 0 Å². The molecule has 0 saturated heterocycles. The van der Waals surface area contributed by atoms with E-state index >= 15 is 0 Å². The van der Waals surface area contributed by atoms with Gasteiger partial charge in [-0.25, -0.2) is 0 Å². The molecule has 108 valence electrons. The van der Waals surface area contributed by atoms with E-state index in [1.807, 2.05) is 24.3 Å². The van der Waals surface area contributed by atoms with Gasteiger partial charge < -0.3 is 4.84 Å². The second kappa shape index (κ2) is 5.93. The normalized spacial score (nSPS) is 19.4. The number of rotatable bonds is 2. The van der Waals surface area contributed by atoms with Gasteiger partial charge in [-0.2, -0.15) is 10.2 Å². The van der Waals surface area contributed by atoms with Crippen molar-refractivity contribution in [2.24, 2.45) is 11.1 Å². The first-order valence-electron chi connectivity index (χ1n) is 6.90. The fraction of sp³-hybridized carbons (Fsp3) is 0.312. The van der Waals surface area contributed by atoms with Crippen LogP contribution in [-0.2, 0) is 11.3 Å². The van der Waals surface area contributed by atoms with Crippen LogP contribution in [-0.4, -0.2) is 23.0 Å². The fourth-order valence-corrected chi connectivity index (χ4v) is 2.88. The second-order valence-corrected chi connectivity index (χ2v) is 6.25. The average Bonchev–Trinajstić information content (AvgIpc) is 2.48. The topological polar surface area (TPSA) is 47.4 Å². The van der Waals surface area contributed by atoms with Crippen LogP contribution in [0.5, 0.6) is 0 Å². The maximum absolute atomic E-state index is 4.98. The molecule has 0 spiro atoms. The van der Waals surface area contributed by atoms with Gasteiger partial charge in [0, 0.05) is 15.6 Å². The summed E-state index contributed by atoms with van der Waals surface area (Å²) in [4.78, 5) is 4.98. The molecule has 3 rings (SSSR count). The van der Waals surface area contributed by atoms with E-state index in [9.17, 15) is 0 Å². The number of hydrogen-bond acceptors (Lipinski definition) is 4. The lowest BCUT2D eigenvalue weighted by Gasteiger charge is -2.21. The van der Waals surface area contributed by atoms with Crippen molar-refractivity contribution in [3.63, 3.8) is 0 Å². The minimum Gasteiger partial charge on any atom is -0.399 e. The molecule has 0 radical (unpaired) electrons. The number of benzene rings is 1. The molecule has 1 aliphatic carbocycles. The van der Waals surface area contributed by atoms with E-state index in [-0.39, 0.29) is 0 Å². The molecule has 0 fully saturated rings. The summed E-state index contributed by atoms with van der Waals surface area (Å²) in [6.45, 7) is 2.19. The van der Waals surface area contributed by atoms with E-state index in [1.165, 1.54) is 0 Å². The van der Waals surface area contributed by atoms with Crippen molar-refractivity contribution < 1.29 is 4.84 Å². The summed E-state index contributed by atoms with van der Waals surface area (Å²) in [6, 6.07) is 10.1. The molecule has 0 amide bonds. The number of hydrogen-bond donors (Lipinski definition) is 0. The lowest BCUT2D eigenvalue weighted by Crippen LogP contribution is -2.21. The summed E-state index contributed by atoms with van der Waals surface area (Å²) >= 11 is 3.44. The monoisotopic (exact) mass is 345 g/mol. The van der Waals surface area contributed by atoms with Crippen molar-refractivity contribution in [1.29, 1.82) is 0 Å². The van der Waals surface area contributed by atoms with Crippen LogP contribution in [0.25, 0.3) is 11.3 Å². The van der Waals surface area contributed by atoms with Crippen LogP contribution in [0.3, 0.4) is 0 Å². The molecule has 5 heteroatoms. The van der Waals surface area contributed by atoms with Crippen molar-refractivity contribution in [3.05, 3.63) is 46.1 Å². The van der Waals surface area contributed by atoms with Crippen molar-refractivity contribution in [3.8, 4) is 11.3 Å². The molecule has 0 bridgehead atoms. The van der Waals surface area contributed by atoms with Gasteiger partial charge in [-0.15, -0.1) is 0 Å². The van der Waals surface area contributed by atoms with Crippen molar-refractivity contribution in [2.75, 3.05) is 7.11 Å².